The van der Waals surface area contributed by atoms with Crippen molar-refractivity contribution in [3.63, 3.8) is 0 Å². The molecule has 0 N–H and O–H groups in total. The number of unbranched alkanes of at least 4 members (excludes halogenated alkanes) is 3. The Labute approximate surface area is 228 Å². The minimum atomic E-state index is -6.20. The molecule has 0 spiro atoms. The predicted octanol–water partition coefficient (Wildman–Crippen LogP) is 9.54. The number of halogens is 7. The van der Waals surface area contributed by atoms with Crippen LogP contribution in [0.25, 0.3) is 21.9 Å². The third kappa shape index (κ3) is 6.39. The van der Waals surface area contributed by atoms with Crippen molar-refractivity contribution in [3.05, 3.63) is 65.2 Å². The molecule has 0 aromatic heterocycles. The van der Waals surface area contributed by atoms with Gasteiger partial charge in [0, 0.05) is 0 Å². The maximum atomic E-state index is 15.2. The van der Waals surface area contributed by atoms with Crippen molar-refractivity contribution in [1.82, 2.24) is 0 Å². The van der Waals surface area contributed by atoms with Gasteiger partial charge in [-0.1, -0.05) is 45.1 Å². The summed E-state index contributed by atoms with van der Waals surface area (Å²) < 4.78 is 124. The fraction of sp³-hybridized carbons (Fsp3) is 0.448. The Kier molecular flexibility index (Phi) is 9.02. The molecule has 11 heteroatoms. The highest BCUT2D eigenvalue weighted by Gasteiger charge is 2.49. The highest BCUT2D eigenvalue weighted by atomic mass is 32.2. The van der Waals surface area contributed by atoms with Gasteiger partial charge in [0.2, 0.25) is 0 Å². The van der Waals surface area contributed by atoms with Crippen LogP contribution in [0.4, 0.5) is 30.7 Å². The molecule has 40 heavy (non-hydrogen) atoms. The Morgan fingerprint density at radius 1 is 0.850 bits per heavy atom. The topological polar surface area (TPSA) is 43.4 Å². The first-order valence-electron chi connectivity index (χ1n) is 13.2. The van der Waals surface area contributed by atoms with Crippen molar-refractivity contribution in [1.29, 1.82) is 0 Å². The average Bonchev–Trinajstić information content (AvgIpc) is 2.87. The van der Waals surface area contributed by atoms with Gasteiger partial charge < -0.3 is 4.18 Å². The molecule has 0 radical (unpaired) electrons. The smallest absolute Gasteiger partial charge is 0.373 e. The van der Waals surface area contributed by atoms with Crippen LogP contribution in [0.3, 0.4) is 0 Å². The molecule has 0 atom stereocenters. The van der Waals surface area contributed by atoms with Gasteiger partial charge in [-0.3, -0.25) is 0 Å². The SMILES string of the molecule is CCCCCCC1CCC(c2cc(F)c(-c3cc(F)c4c(F)c(OS(=O)(=O)C(F)(F)F)ccc4c3)c(F)c2)CC1. The van der Waals surface area contributed by atoms with Gasteiger partial charge >= 0.3 is 15.6 Å². The Balaban J connectivity index is 1.57. The molecule has 3 aromatic carbocycles. The summed E-state index contributed by atoms with van der Waals surface area (Å²) in [6.07, 6.45) is 9.56. The summed E-state index contributed by atoms with van der Waals surface area (Å²) in [5, 5.41) is -1.15. The van der Waals surface area contributed by atoms with Crippen LogP contribution in [-0.2, 0) is 10.1 Å². The minimum Gasteiger partial charge on any atom is -0.373 e. The third-order valence-electron chi connectivity index (χ3n) is 7.59. The Morgan fingerprint density at radius 2 is 1.50 bits per heavy atom. The number of fused-ring (bicyclic) bond motifs is 1. The summed E-state index contributed by atoms with van der Waals surface area (Å²) in [6.45, 7) is 2.16. The zero-order valence-corrected chi connectivity index (χ0v) is 22.6. The van der Waals surface area contributed by atoms with Crippen molar-refractivity contribution in [2.45, 2.75) is 76.1 Å². The number of hydrogen-bond acceptors (Lipinski definition) is 3. The molecule has 218 valence electrons. The maximum absolute atomic E-state index is 15.2. The van der Waals surface area contributed by atoms with Crippen LogP contribution in [0.1, 0.15) is 76.2 Å². The molecule has 3 nitrogen and oxygen atoms in total. The molecular formula is C29H29F7O3S. The first-order chi connectivity index (χ1) is 18.8. The lowest BCUT2D eigenvalue weighted by Gasteiger charge is -2.29. The van der Waals surface area contributed by atoms with E-state index in [9.17, 15) is 30.4 Å². The molecule has 0 saturated heterocycles. The second-order valence-electron chi connectivity index (χ2n) is 10.3. The fourth-order valence-electron chi connectivity index (χ4n) is 5.48. The molecule has 4 rings (SSSR count). The largest absolute Gasteiger partial charge is 0.534 e. The van der Waals surface area contributed by atoms with Crippen LogP contribution < -0.4 is 4.18 Å². The first kappa shape index (κ1) is 30.1. The van der Waals surface area contributed by atoms with Crippen LogP contribution in [0, 0.1) is 29.2 Å². The van der Waals surface area contributed by atoms with E-state index in [0.29, 0.717) is 23.6 Å². The minimum absolute atomic E-state index is 0.00113. The number of alkyl halides is 3. The summed E-state index contributed by atoms with van der Waals surface area (Å²) in [5.74, 6) is -5.67. The van der Waals surface area contributed by atoms with Gasteiger partial charge in [0.05, 0.1) is 10.9 Å². The summed E-state index contributed by atoms with van der Waals surface area (Å²) >= 11 is 0. The third-order valence-corrected chi connectivity index (χ3v) is 8.56. The summed E-state index contributed by atoms with van der Waals surface area (Å²) in [6, 6.07) is 5.63. The number of rotatable bonds is 9. The molecule has 0 amide bonds. The van der Waals surface area contributed by atoms with Gasteiger partial charge in [0.1, 0.15) is 17.5 Å². The summed E-state index contributed by atoms with van der Waals surface area (Å²) in [5.41, 5.74) is -6.10. The van der Waals surface area contributed by atoms with E-state index >= 15 is 8.78 Å². The van der Waals surface area contributed by atoms with Gasteiger partial charge in [-0.15, -0.1) is 0 Å². The van der Waals surface area contributed by atoms with Gasteiger partial charge in [0.15, 0.2) is 11.6 Å². The number of benzene rings is 3. The highest BCUT2D eigenvalue weighted by molar-refractivity contribution is 7.88. The van der Waals surface area contributed by atoms with E-state index in [-0.39, 0.29) is 16.9 Å². The predicted molar refractivity (Wildman–Crippen MR) is 138 cm³/mol. The van der Waals surface area contributed by atoms with E-state index in [4.69, 9.17) is 0 Å². The molecule has 3 aromatic rings. The van der Waals surface area contributed by atoms with E-state index in [1.165, 1.54) is 37.8 Å². The van der Waals surface area contributed by atoms with Gasteiger partial charge in [-0.05, 0) is 84.4 Å². The molecule has 0 aliphatic heterocycles. The van der Waals surface area contributed by atoms with E-state index < -0.39 is 55.6 Å². The van der Waals surface area contributed by atoms with E-state index in [0.717, 1.165) is 44.2 Å². The lowest BCUT2D eigenvalue weighted by molar-refractivity contribution is -0.0500. The zero-order chi connectivity index (χ0) is 29.2. The molecule has 0 unspecified atom stereocenters. The fourth-order valence-corrected chi connectivity index (χ4v) is 5.93. The van der Waals surface area contributed by atoms with Crippen molar-refractivity contribution in [2.75, 3.05) is 0 Å². The first-order valence-corrected chi connectivity index (χ1v) is 14.6. The molecule has 0 bridgehead atoms. The van der Waals surface area contributed by atoms with E-state index in [1.54, 1.807) is 0 Å². The average molecular weight is 591 g/mol. The van der Waals surface area contributed by atoms with Gasteiger partial charge in [-0.2, -0.15) is 21.6 Å². The Hall–Kier alpha value is -2.82. The molecule has 1 aliphatic carbocycles. The normalized spacial score (nSPS) is 18.3. The van der Waals surface area contributed by atoms with Crippen LogP contribution in [0.2, 0.25) is 0 Å². The van der Waals surface area contributed by atoms with E-state index in [1.807, 2.05) is 0 Å². The second-order valence-corrected chi connectivity index (χ2v) is 11.9. The van der Waals surface area contributed by atoms with Crippen molar-refractivity contribution >= 4 is 20.9 Å². The standard InChI is InChI=1S/C29H29F7O3S/c1-2-3-4-5-6-17-7-9-18(10-8-17)20-14-22(30)26(23(31)15-20)21-13-19-11-12-25(28(33)27(19)24(32)16-21)39-40(37,38)29(34,35)36/h11-18H,2-10H2,1H3. The Morgan fingerprint density at radius 3 is 2.10 bits per heavy atom. The van der Waals surface area contributed by atoms with Crippen LogP contribution >= 0.6 is 0 Å². The molecular weight excluding hydrogens is 561 g/mol. The summed E-state index contributed by atoms with van der Waals surface area (Å²) in [4.78, 5) is 0. The van der Waals surface area contributed by atoms with Crippen molar-refractivity contribution in [2.24, 2.45) is 5.92 Å². The number of hydrogen-bond donors (Lipinski definition) is 0. The zero-order valence-electron chi connectivity index (χ0n) is 21.8. The van der Waals surface area contributed by atoms with Gasteiger partial charge in [0.25, 0.3) is 0 Å². The lowest BCUT2D eigenvalue weighted by Crippen LogP contribution is -2.28. The van der Waals surface area contributed by atoms with Crippen molar-refractivity contribution in [3.8, 4) is 16.9 Å². The molecule has 0 heterocycles. The van der Waals surface area contributed by atoms with Crippen LogP contribution in [-0.4, -0.2) is 13.9 Å². The van der Waals surface area contributed by atoms with Crippen LogP contribution in [0.5, 0.6) is 5.75 Å². The molecule has 1 aliphatic rings. The lowest BCUT2D eigenvalue weighted by atomic mass is 9.76. The molecule has 1 fully saturated rings. The second kappa shape index (κ2) is 12.0. The quantitative estimate of drug-likeness (QED) is 0.108. The van der Waals surface area contributed by atoms with E-state index in [2.05, 4.69) is 11.1 Å². The Bertz CT molecular complexity index is 1450. The highest BCUT2D eigenvalue weighted by Crippen LogP contribution is 2.41. The van der Waals surface area contributed by atoms with Gasteiger partial charge in [-0.25, -0.2) is 17.6 Å². The maximum Gasteiger partial charge on any atom is 0.534 e. The monoisotopic (exact) mass is 590 g/mol. The van der Waals surface area contributed by atoms with Crippen molar-refractivity contribution < 1.29 is 43.3 Å². The summed E-state index contributed by atoms with van der Waals surface area (Å²) in [7, 11) is -6.20. The van der Waals surface area contributed by atoms with Crippen LogP contribution in [0.15, 0.2) is 36.4 Å². The molecule has 1 saturated carbocycles.